The molecule has 0 aromatic heterocycles. The second-order valence-corrected chi connectivity index (χ2v) is 5.94. The van der Waals surface area contributed by atoms with Gasteiger partial charge in [-0.25, -0.2) is 0 Å². The molecular weight excluding hydrogens is 304 g/mol. The fraction of sp³-hybridized carbons (Fsp3) is 0.368. The number of fused-ring (bicyclic) bond motifs is 1. The number of nitrogens with zero attached hydrogens (tertiary/aromatic N) is 2. The summed E-state index contributed by atoms with van der Waals surface area (Å²) in [5.41, 5.74) is 0.931. The second kappa shape index (κ2) is 7.01. The molecule has 5 nitrogen and oxygen atoms in total. The van der Waals surface area contributed by atoms with Crippen LogP contribution in [0.2, 0.25) is 0 Å². The van der Waals surface area contributed by atoms with Crippen LogP contribution in [0, 0.1) is 0 Å². The lowest BCUT2D eigenvalue weighted by molar-refractivity contribution is -0.145. The van der Waals surface area contributed by atoms with Crippen molar-refractivity contribution >= 4 is 28.3 Å². The molecule has 24 heavy (non-hydrogen) atoms. The van der Waals surface area contributed by atoms with E-state index < -0.39 is 0 Å². The highest BCUT2D eigenvalue weighted by atomic mass is 16.5. The maximum Gasteiger partial charge on any atom is 0.320 e. The molecule has 1 aliphatic heterocycles. The molecule has 5 heteroatoms. The molecule has 126 valence electrons. The van der Waals surface area contributed by atoms with E-state index in [-0.39, 0.29) is 24.5 Å². The van der Waals surface area contributed by atoms with Crippen molar-refractivity contribution in [2.75, 3.05) is 31.1 Å². The Labute approximate surface area is 141 Å². The SMILES string of the molecule is CCOC(=O)CN1CCN(c2cccc3ccccc23)C(=O)[C@H]1C. The third-order valence-corrected chi connectivity index (χ3v) is 4.48. The maximum absolute atomic E-state index is 12.9. The Morgan fingerprint density at radius 3 is 2.71 bits per heavy atom. The Hall–Kier alpha value is -2.40. The van der Waals surface area contributed by atoms with Gasteiger partial charge in [0.05, 0.1) is 24.9 Å². The normalized spacial score (nSPS) is 18.8. The van der Waals surface area contributed by atoms with Gasteiger partial charge in [-0.3, -0.25) is 14.5 Å². The van der Waals surface area contributed by atoms with Gasteiger partial charge in [0, 0.05) is 18.5 Å². The van der Waals surface area contributed by atoms with E-state index in [1.807, 2.05) is 59.2 Å². The predicted molar refractivity (Wildman–Crippen MR) is 94.0 cm³/mol. The van der Waals surface area contributed by atoms with Gasteiger partial charge in [-0.2, -0.15) is 0 Å². The van der Waals surface area contributed by atoms with Gasteiger partial charge < -0.3 is 9.64 Å². The summed E-state index contributed by atoms with van der Waals surface area (Å²) in [6, 6.07) is 13.7. The molecule has 1 saturated heterocycles. The molecule has 1 heterocycles. The molecule has 1 atom stereocenters. The Morgan fingerprint density at radius 1 is 1.17 bits per heavy atom. The third-order valence-electron chi connectivity index (χ3n) is 4.48. The van der Waals surface area contributed by atoms with Crippen LogP contribution in [0.1, 0.15) is 13.8 Å². The molecule has 0 bridgehead atoms. The van der Waals surface area contributed by atoms with Gasteiger partial charge >= 0.3 is 5.97 Å². The van der Waals surface area contributed by atoms with E-state index in [2.05, 4.69) is 0 Å². The molecular formula is C19H22N2O3. The summed E-state index contributed by atoms with van der Waals surface area (Å²) in [6.45, 7) is 5.36. The number of benzene rings is 2. The van der Waals surface area contributed by atoms with E-state index in [4.69, 9.17) is 4.74 Å². The lowest BCUT2D eigenvalue weighted by Crippen LogP contribution is -2.57. The van der Waals surface area contributed by atoms with Crippen molar-refractivity contribution in [1.82, 2.24) is 4.90 Å². The van der Waals surface area contributed by atoms with Crippen molar-refractivity contribution in [3.63, 3.8) is 0 Å². The van der Waals surface area contributed by atoms with Crippen molar-refractivity contribution in [2.45, 2.75) is 19.9 Å². The zero-order valence-corrected chi connectivity index (χ0v) is 14.1. The number of esters is 1. The molecule has 0 spiro atoms. The molecule has 0 N–H and O–H groups in total. The number of carbonyl (C=O) groups excluding carboxylic acids is 2. The summed E-state index contributed by atoms with van der Waals surface area (Å²) in [5.74, 6) is -0.266. The van der Waals surface area contributed by atoms with Gasteiger partial charge in [0.25, 0.3) is 0 Å². The fourth-order valence-electron chi connectivity index (χ4n) is 3.19. The number of ether oxygens (including phenoxy) is 1. The highest BCUT2D eigenvalue weighted by Crippen LogP contribution is 2.29. The van der Waals surface area contributed by atoms with Crippen LogP contribution in [0.15, 0.2) is 42.5 Å². The quantitative estimate of drug-likeness (QED) is 0.810. The van der Waals surface area contributed by atoms with Crippen LogP contribution < -0.4 is 4.90 Å². The minimum atomic E-state index is -0.345. The van der Waals surface area contributed by atoms with E-state index in [1.165, 1.54) is 0 Å². The first-order chi connectivity index (χ1) is 11.6. The van der Waals surface area contributed by atoms with Crippen LogP contribution in [0.5, 0.6) is 0 Å². The number of piperazine rings is 1. The van der Waals surface area contributed by atoms with Gasteiger partial charge in [0.1, 0.15) is 0 Å². The molecule has 0 radical (unpaired) electrons. The van der Waals surface area contributed by atoms with E-state index in [0.29, 0.717) is 19.7 Å². The van der Waals surface area contributed by atoms with Crippen LogP contribution in [-0.4, -0.2) is 49.1 Å². The molecule has 3 rings (SSSR count). The summed E-state index contributed by atoms with van der Waals surface area (Å²) in [4.78, 5) is 28.3. The Balaban J connectivity index is 1.82. The van der Waals surface area contributed by atoms with E-state index in [1.54, 1.807) is 6.92 Å². The Morgan fingerprint density at radius 2 is 1.92 bits per heavy atom. The fourth-order valence-corrected chi connectivity index (χ4v) is 3.19. The van der Waals surface area contributed by atoms with Crippen molar-refractivity contribution in [2.24, 2.45) is 0 Å². The van der Waals surface area contributed by atoms with Crippen molar-refractivity contribution in [1.29, 1.82) is 0 Å². The standard InChI is InChI=1S/C19H22N2O3/c1-3-24-18(22)13-20-11-12-21(19(23)14(20)2)17-10-6-8-15-7-4-5-9-16(15)17/h4-10,14H,3,11-13H2,1-2H3/t14-/m1/s1. The highest BCUT2D eigenvalue weighted by Gasteiger charge is 2.33. The second-order valence-electron chi connectivity index (χ2n) is 5.94. The molecule has 0 saturated carbocycles. The van der Waals surface area contributed by atoms with Crippen LogP contribution in [0.3, 0.4) is 0 Å². The van der Waals surface area contributed by atoms with Crippen LogP contribution in [0.4, 0.5) is 5.69 Å². The highest BCUT2D eigenvalue weighted by molar-refractivity contribution is 6.05. The molecule has 0 unspecified atom stereocenters. The third kappa shape index (κ3) is 3.12. The largest absolute Gasteiger partial charge is 0.465 e. The average Bonchev–Trinajstić information content (AvgIpc) is 2.59. The number of hydrogen-bond acceptors (Lipinski definition) is 4. The first-order valence-corrected chi connectivity index (χ1v) is 8.30. The first kappa shape index (κ1) is 16.5. The topological polar surface area (TPSA) is 49.9 Å². The zero-order chi connectivity index (χ0) is 17.1. The summed E-state index contributed by atoms with van der Waals surface area (Å²) in [6.07, 6.45) is 0. The zero-order valence-electron chi connectivity index (χ0n) is 14.1. The van der Waals surface area contributed by atoms with Crippen molar-refractivity contribution in [3.8, 4) is 0 Å². The van der Waals surface area contributed by atoms with Crippen LogP contribution in [-0.2, 0) is 14.3 Å². The Kier molecular flexibility index (Phi) is 4.81. The van der Waals surface area contributed by atoms with E-state index >= 15 is 0 Å². The minimum Gasteiger partial charge on any atom is -0.465 e. The van der Waals surface area contributed by atoms with Gasteiger partial charge in [-0.1, -0.05) is 36.4 Å². The maximum atomic E-state index is 12.9. The molecule has 1 amide bonds. The van der Waals surface area contributed by atoms with Gasteiger partial charge in [0.15, 0.2) is 0 Å². The number of hydrogen-bond donors (Lipinski definition) is 0. The summed E-state index contributed by atoms with van der Waals surface area (Å²) < 4.78 is 4.99. The van der Waals surface area contributed by atoms with Crippen LogP contribution >= 0.6 is 0 Å². The lowest BCUT2D eigenvalue weighted by Gasteiger charge is -2.38. The first-order valence-electron chi connectivity index (χ1n) is 8.30. The number of anilines is 1. The van der Waals surface area contributed by atoms with Crippen molar-refractivity contribution < 1.29 is 14.3 Å². The molecule has 1 aliphatic rings. The molecule has 2 aromatic carbocycles. The molecule has 0 aliphatic carbocycles. The van der Waals surface area contributed by atoms with Crippen molar-refractivity contribution in [3.05, 3.63) is 42.5 Å². The number of amides is 1. The van der Waals surface area contributed by atoms with E-state index in [9.17, 15) is 9.59 Å². The number of carbonyl (C=O) groups is 2. The molecule has 2 aromatic rings. The van der Waals surface area contributed by atoms with Crippen LogP contribution in [0.25, 0.3) is 10.8 Å². The predicted octanol–water partition coefficient (Wildman–Crippen LogP) is 2.44. The average molecular weight is 326 g/mol. The minimum absolute atomic E-state index is 0.0156. The van der Waals surface area contributed by atoms with Gasteiger partial charge in [0.2, 0.25) is 5.91 Å². The van der Waals surface area contributed by atoms with Gasteiger partial charge in [-0.15, -0.1) is 0 Å². The van der Waals surface area contributed by atoms with E-state index in [0.717, 1.165) is 16.5 Å². The summed E-state index contributed by atoms with van der Waals surface area (Å²) in [7, 11) is 0. The molecule has 1 fully saturated rings. The van der Waals surface area contributed by atoms with Gasteiger partial charge in [-0.05, 0) is 25.3 Å². The Bertz CT molecular complexity index is 754. The number of rotatable bonds is 4. The summed E-state index contributed by atoms with van der Waals surface area (Å²) in [5, 5.41) is 2.18. The monoisotopic (exact) mass is 326 g/mol. The smallest absolute Gasteiger partial charge is 0.320 e. The summed E-state index contributed by atoms with van der Waals surface area (Å²) >= 11 is 0. The lowest BCUT2D eigenvalue weighted by atomic mass is 10.1.